The zero-order valence-electron chi connectivity index (χ0n) is 10.1. The van der Waals surface area contributed by atoms with Gasteiger partial charge in [-0.15, -0.1) is 0 Å². The third-order valence-electron chi connectivity index (χ3n) is 2.10. The average molecular weight is 252 g/mol. The van der Waals surface area contributed by atoms with E-state index in [4.69, 9.17) is 22.7 Å². The second-order valence-corrected chi connectivity index (χ2v) is 4.38. The first kappa shape index (κ1) is 13.4. The van der Waals surface area contributed by atoms with Crippen LogP contribution in [0.5, 0.6) is 0 Å². The maximum Gasteiger partial charge on any atom is 0.411 e. The minimum Gasteiger partial charge on any atom is -0.447 e. The van der Waals surface area contributed by atoms with Crippen LogP contribution in [-0.2, 0) is 4.74 Å². The normalized spacial score (nSPS) is 10.1. The summed E-state index contributed by atoms with van der Waals surface area (Å²) < 4.78 is 4.99. The van der Waals surface area contributed by atoms with Crippen LogP contribution in [0.15, 0.2) is 18.2 Å². The number of nitrogens with two attached hydrogens (primary N) is 1. The van der Waals surface area contributed by atoms with Gasteiger partial charge in [-0.2, -0.15) is 0 Å². The van der Waals surface area contributed by atoms with Crippen LogP contribution in [0.25, 0.3) is 0 Å². The van der Waals surface area contributed by atoms with E-state index in [1.165, 1.54) is 0 Å². The van der Waals surface area contributed by atoms with E-state index in [1.54, 1.807) is 19.9 Å². The summed E-state index contributed by atoms with van der Waals surface area (Å²) in [6, 6.07) is 5.44. The fourth-order valence-electron chi connectivity index (χ4n) is 1.45. The Balaban J connectivity index is 2.95. The molecular formula is C12H16N2O2S. The van der Waals surface area contributed by atoms with Crippen molar-refractivity contribution < 1.29 is 9.53 Å². The summed E-state index contributed by atoms with van der Waals surface area (Å²) in [5.74, 6) is 0. The smallest absolute Gasteiger partial charge is 0.411 e. The Morgan fingerprint density at radius 2 is 2.12 bits per heavy atom. The minimum absolute atomic E-state index is 0.173. The molecule has 0 atom stereocenters. The van der Waals surface area contributed by atoms with Crippen molar-refractivity contribution in [1.29, 1.82) is 0 Å². The van der Waals surface area contributed by atoms with Gasteiger partial charge in [-0.05, 0) is 32.4 Å². The molecule has 1 aromatic rings. The van der Waals surface area contributed by atoms with Crippen molar-refractivity contribution in [3.8, 4) is 0 Å². The topological polar surface area (TPSA) is 64.3 Å². The number of thiocarbonyl (C=S) groups is 1. The van der Waals surface area contributed by atoms with E-state index in [9.17, 15) is 4.79 Å². The van der Waals surface area contributed by atoms with E-state index in [-0.39, 0.29) is 11.1 Å². The maximum atomic E-state index is 11.5. The van der Waals surface area contributed by atoms with Gasteiger partial charge in [-0.1, -0.05) is 24.4 Å². The molecule has 5 heteroatoms. The highest BCUT2D eigenvalue weighted by Gasteiger charge is 2.12. The standard InChI is InChI=1S/C12H16N2O2S/c1-7(2)16-12(15)14-9-6-4-5-8(3)10(9)11(13)17/h4-7H,1-3H3,(H2,13,17)(H,14,15). The van der Waals surface area contributed by atoms with E-state index < -0.39 is 6.09 Å². The molecule has 0 aliphatic rings. The van der Waals surface area contributed by atoms with Gasteiger partial charge >= 0.3 is 6.09 Å². The summed E-state index contributed by atoms with van der Waals surface area (Å²) in [5.41, 5.74) is 7.79. The number of anilines is 1. The summed E-state index contributed by atoms with van der Waals surface area (Å²) in [6.45, 7) is 5.45. The minimum atomic E-state index is -0.511. The number of benzene rings is 1. The second-order valence-electron chi connectivity index (χ2n) is 3.94. The molecule has 1 aromatic carbocycles. The van der Waals surface area contributed by atoms with Crippen LogP contribution in [-0.4, -0.2) is 17.2 Å². The van der Waals surface area contributed by atoms with Gasteiger partial charge in [0.25, 0.3) is 0 Å². The van der Waals surface area contributed by atoms with Crippen molar-refractivity contribution in [2.75, 3.05) is 5.32 Å². The first-order valence-electron chi connectivity index (χ1n) is 5.29. The van der Waals surface area contributed by atoms with Gasteiger partial charge in [0.15, 0.2) is 0 Å². The molecule has 1 rings (SSSR count). The Hall–Kier alpha value is -1.62. The number of hydrogen-bond donors (Lipinski definition) is 2. The lowest BCUT2D eigenvalue weighted by Crippen LogP contribution is -2.21. The molecule has 0 spiro atoms. The number of hydrogen-bond acceptors (Lipinski definition) is 3. The van der Waals surface area contributed by atoms with Crippen LogP contribution in [0.4, 0.5) is 10.5 Å². The van der Waals surface area contributed by atoms with E-state index in [0.717, 1.165) is 5.56 Å². The summed E-state index contributed by atoms with van der Waals surface area (Å²) in [4.78, 5) is 11.7. The van der Waals surface area contributed by atoms with Crippen molar-refractivity contribution in [3.63, 3.8) is 0 Å². The number of aryl methyl sites for hydroxylation is 1. The third-order valence-corrected chi connectivity index (χ3v) is 2.30. The molecule has 17 heavy (non-hydrogen) atoms. The lowest BCUT2D eigenvalue weighted by molar-refractivity contribution is 0.130. The van der Waals surface area contributed by atoms with Crippen molar-refractivity contribution in [2.24, 2.45) is 5.73 Å². The van der Waals surface area contributed by atoms with Gasteiger partial charge < -0.3 is 10.5 Å². The highest BCUT2D eigenvalue weighted by Crippen LogP contribution is 2.19. The Morgan fingerprint density at radius 3 is 2.65 bits per heavy atom. The highest BCUT2D eigenvalue weighted by molar-refractivity contribution is 7.80. The van der Waals surface area contributed by atoms with Crippen LogP contribution in [0.3, 0.4) is 0 Å². The zero-order valence-corrected chi connectivity index (χ0v) is 10.9. The molecule has 0 fully saturated rings. The maximum absolute atomic E-state index is 11.5. The number of nitrogens with one attached hydrogen (secondary N) is 1. The van der Waals surface area contributed by atoms with Crippen LogP contribution >= 0.6 is 12.2 Å². The van der Waals surface area contributed by atoms with E-state index >= 15 is 0 Å². The Bertz CT molecular complexity index is 444. The van der Waals surface area contributed by atoms with Crippen LogP contribution in [0.2, 0.25) is 0 Å². The number of carbonyl (C=O) groups is 1. The van der Waals surface area contributed by atoms with Crippen molar-refractivity contribution >= 4 is 29.0 Å². The van der Waals surface area contributed by atoms with Crippen molar-refractivity contribution in [2.45, 2.75) is 26.9 Å². The molecule has 0 saturated heterocycles. The molecular weight excluding hydrogens is 236 g/mol. The third kappa shape index (κ3) is 3.71. The molecule has 0 heterocycles. The Labute approximate surface area is 106 Å². The molecule has 3 N–H and O–H groups in total. The first-order valence-corrected chi connectivity index (χ1v) is 5.69. The largest absolute Gasteiger partial charge is 0.447 e. The second kappa shape index (κ2) is 5.63. The summed E-state index contributed by atoms with van der Waals surface area (Å²) in [5, 5.41) is 2.64. The molecule has 0 aromatic heterocycles. The lowest BCUT2D eigenvalue weighted by Gasteiger charge is -2.13. The van der Waals surface area contributed by atoms with Crippen LogP contribution in [0, 0.1) is 6.92 Å². The molecule has 0 aliphatic carbocycles. The van der Waals surface area contributed by atoms with Gasteiger partial charge in [0, 0.05) is 5.56 Å². The molecule has 92 valence electrons. The Morgan fingerprint density at radius 1 is 1.47 bits per heavy atom. The molecule has 0 bridgehead atoms. The number of amides is 1. The predicted octanol–water partition coefficient (Wildman–Crippen LogP) is 2.59. The quantitative estimate of drug-likeness (QED) is 0.812. The highest BCUT2D eigenvalue weighted by atomic mass is 32.1. The van der Waals surface area contributed by atoms with Gasteiger partial charge in [-0.3, -0.25) is 5.32 Å². The van der Waals surface area contributed by atoms with E-state index in [2.05, 4.69) is 5.32 Å². The molecule has 0 radical (unpaired) electrons. The molecule has 0 saturated carbocycles. The van der Waals surface area contributed by atoms with Gasteiger partial charge in [0.2, 0.25) is 0 Å². The summed E-state index contributed by atoms with van der Waals surface area (Å²) in [7, 11) is 0. The van der Waals surface area contributed by atoms with Gasteiger partial charge in [-0.25, -0.2) is 4.79 Å². The average Bonchev–Trinajstić information content (AvgIpc) is 2.15. The number of rotatable bonds is 3. The zero-order chi connectivity index (χ0) is 13.0. The molecule has 0 unspecified atom stereocenters. The van der Waals surface area contributed by atoms with E-state index in [0.29, 0.717) is 11.3 Å². The molecule has 1 amide bonds. The molecule has 4 nitrogen and oxygen atoms in total. The fourth-order valence-corrected chi connectivity index (χ4v) is 1.72. The first-order chi connectivity index (χ1) is 7.91. The van der Waals surface area contributed by atoms with Crippen molar-refractivity contribution in [1.82, 2.24) is 0 Å². The SMILES string of the molecule is Cc1cccc(NC(=O)OC(C)C)c1C(N)=S. The number of ether oxygens (including phenoxy) is 1. The fraction of sp³-hybridized carbons (Fsp3) is 0.333. The van der Waals surface area contributed by atoms with Crippen LogP contribution in [0.1, 0.15) is 25.0 Å². The van der Waals surface area contributed by atoms with Gasteiger partial charge in [0.05, 0.1) is 11.8 Å². The van der Waals surface area contributed by atoms with Crippen LogP contribution < -0.4 is 11.1 Å². The van der Waals surface area contributed by atoms with E-state index in [1.807, 2.05) is 19.1 Å². The van der Waals surface area contributed by atoms with Crippen molar-refractivity contribution in [3.05, 3.63) is 29.3 Å². The number of carbonyl (C=O) groups excluding carboxylic acids is 1. The summed E-state index contributed by atoms with van der Waals surface area (Å²) in [6.07, 6.45) is -0.684. The van der Waals surface area contributed by atoms with Gasteiger partial charge in [0.1, 0.15) is 4.99 Å². The summed E-state index contributed by atoms with van der Waals surface area (Å²) >= 11 is 4.96. The monoisotopic (exact) mass is 252 g/mol. The molecule has 0 aliphatic heterocycles. The predicted molar refractivity (Wildman–Crippen MR) is 72.3 cm³/mol. The lowest BCUT2D eigenvalue weighted by atomic mass is 10.1. The Kier molecular flexibility index (Phi) is 4.45.